The number of ketones is 1. The molecule has 1 fully saturated rings. The SMILES string of the molecule is CCC(=O)CCCCC[C@H](NC(=O)C1CCNCC1)c1ncc(-c2cccc3c2OCCO3)o1. The fourth-order valence-corrected chi connectivity index (χ4v) is 4.50. The Morgan fingerprint density at radius 2 is 1.97 bits per heavy atom. The first-order valence-electron chi connectivity index (χ1n) is 12.5. The molecule has 0 unspecified atom stereocenters. The number of hydrogen-bond acceptors (Lipinski definition) is 7. The van der Waals surface area contributed by atoms with Crippen molar-refractivity contribution in [1.82, 2.24) is 15.6 Å². The van der Waals surface area contributed by atoms with Gasteiger partial charge in [-0.2, -0.15) is 0 Å². The van der Waals surface area contributed by atoms with Gasteiger partial charge >= 0.3 is 0 Å². The van der Waals surface area contributed by atoms with Crippen LogP contribution in [-0.4, -0.2) is 43.0 Å². The normalized spacial score (nSPS) is 16.7. The van der Waals surface area contributed by atoms with Gasteiger partial charge in [-0.05, 0) is 50.9 Å². The zero-order valence-corrected chi connectivity index (χ0v) is 19.9. The molecule has 0 saturated carbocycles. The third-order valence-corrected chi connectivity index (χ3v) is 6.52. The van der Waals surface area contributed by atoms with Gasteiger partial charge in [0.05, 0.1) is 11.8 Å². The molecule has 3 heterocycles. The van der Waals surface area contributed by atoms with Gasteiger partial charge in [0.2, 0.25) is 11.8 Å². The van der Waals surface area contributed by atoms with Gasteiger partial charge in [0.15, 0.2) is 17.3 Å². The minimum Gasteiger partial charge on any atom is -0.486 e. The summed E-state index contributed by atoms with van der Waals surface area (Å²) in [5.74, 6) is 2.80. The van der Waals surface area contributed by atoms with Crippen LogP contribution >= 0.6 is 0 Å². The Morgan fingerprint density at radius 1 is 1.15 bits per heavy atom. The number of hydrogen-bond donors (Lipinski definition) is 2. The van der Waals surface area contributed by atoms with E-state index in [2.05, 4.69) is 15.6 Å². The molecule has 8 heteroatoms. The Kier molecular flexibility index (Phi) is 8.57. The molecule has 2 N–H and O–H groups in total. The smallest absolute Gasteiger partial charge is 0.223 e. The number of benzene rings is 1. The first-order valence-corrected chi connectivity index (χ1v) is 12.5. The Bertz CT molecular complexity index is 967. The van der Waals surface area contributed by atoms with E-state index in [9.17, 15) is 9.59 Å². The molecule has 0 radical (unpaired) electrons. The number of oxazole rings is 1. The van der Waals surface area contributed by atoms with Crippen molar-refractivity contribution in [2.45, 2.75) is 64.3 Å². The molecule has 1 aromatic heterocycles. The van der Waals surface area contributed by atoms with Crippen molar-refractivity contribution < 1.29 is 23.5 Å². The van der Waals surface area contributed by atoms with Crippen LogP contribution in [0.3, 0.4) is 0 Å². The number of ether oxygens (including phenoxy) is 2. The molecule has 184 valence electrons. The van der Waals surface area contributed by atoms with E-state index in [0.717, 1.165) is 50.8 Å². The highest BCUT2D eigenvalue weighted by molar-refractivity contribution is 5.79. The summed E-state index contributed by atoms with van der Waals surface area (Å²) in [6, 6.07) is 5.39. The molecule has 1 aromatic carbocycles. The van der Waals surface area contributed by atoms with E-state index in [1.807, 2.05) is 25.1 Å². The number of para-hydroxylation sites is 1. The quantitative estimate of drug-likeness (QED) is 0.476. The summed E-state index contributed by atoms with van der Waals surface area (Å²) in [5, 5.41) is 6.50. The van der Waals surface area contributed by atoms with Crippen LogP contribution in [0.5, 0.6) is 11.5 Å². The van der Waals surface area contributed by atoms with Crippen LogP contribution in [0.2, 0.25) is 0 Å². The molecule has 34 heavy (non-hydrogen) atoms. The summed E-state index contributed by atoms with van der Waals surface area (Å²) in [6.07, 6.45) is 7.95. The third-order valence-electron chi connectivity index (χ3n) is 6.52. The molecule has 0 spiro atoms. The van der Waals surface area contributed by atoms with Crippen molar-refractivity contribution in [1.29, 1.82) is 0 Å². The second-order valence-electron chi connectivity index (χ2n) is 8.97. The van der Waals surface area contributed by atoms with Gasteiger partial charge in [-0.1, -0.05) is 25.8 Å². The monoisotopic (exact) mass is 469 g/mol. The van der Waals surface area contributed by atoms with E-state index >= 15 is 0 Å². The predicted octanol–water partition coefficient (Wildman–Crippen LogP) is 4.20. The summed E-state index contributed by atoms with van der Waals surface area (Å²) in [4.78, 5) is 29.1. The molecular formula is C26H35N3O5. The van der Waals surface area contributed by atoms with Crippen LogP contribution in [0.15, 0.2) is 28.8 Å². The van der Waals surface area contributed by atoms with Gasteiger partial charge in [-0.25, -0.2) is 4.98 Å². The summed E-state index contributed by atoms with van der Waals surface area (Å²) in [7, 11) is 0. The zero-order chi connectivity index (χ0) is 23.8. The maximum Gasteiger partial charge on any atom is 0.223 e. The highest BCUT2D eigenvalue weighted by Gasteiger charge is 2.27. The van der Waals surface area contributed by atoms with E-state index in [1.165, 1.54) is 0 Å². The lowest BCUT2D eigenvalue weighted by molar-refractivity contribution is -0.126. The Morgan fingerprint density at radius 3 is 2.79 bits per heavy atom. The molecule has 8 nitrogen and oxygen atoms in total. The zero-order valence-electron chi connectivity index (χ0n) is 19.9. The van der Waals surface area contributed by atoms with Gasteiger partial charge < -0.3 is 24.5 Å². The van der Waals surface area contributed by atoms with Gasteiger partial charge in [0.1, 0.15) is 25.0 Å². The average Bonchev–Trinajstić information content (AvgIpc) is 3.37. The topological polar surface area (TPSA) is 103 Å². The van der Waals surface area contributed by atoms with Crippen molar-refractivity contribution in [3.63, 3.8) is 0 Å². The maximum absolute atomic E-state index is 13.0. The predicted molar refractivity (Wildman–Crippen MR) is 128 cm³/mol. The fraction of sp³-hybridized carbons (Fsp3) is 0.577. The standard InChI is InChI=1S/C26H35N3O5/c1-2-19(30)7-4-3-5-9-21(29-25(31)18-11-13-27-14-12-18)26-28-17-23(34-26)20-8-6-10-22-24(20)33-16-15-32-22/h6,8,10,17-18,21,27H,2-5,7,9,11-16H2,1H3,(H,29,31)/t21-/m0/s1. The van der Waals surface area contributed by atoms with E-state index < -0.39 is 0 Å². The van der Waals surface area contributed by atoms with E-state index in [4.69, 9.17) is 13.9 Å². The minimum absolute atomic E-state index is 0.00653. The van der Waals surface area contributed by atoms with Gasteiger partial charge in [-0.3, -0.25) is 9.59 Å². The number of fused-ring (bicyclic) bond motifs is 1. The Hall–Kier alpha value is -2.87. The van der Waals surface area contributed by atoms with Crippen molar-refractivity contribution in [3.8, 4) is 22.8 Å². The lowest BCUT2D eigenvalue weighted by Gasteiger charge is -2.24. The largest absolute Gasteiger partial charge is 0.486 e. The van der Waals surface area contributed by atoms with Crippen LogP contribution in [0.1, 0.15) is 70.2 Å². The van der Waals surface area contributed by atoms with Gasteiger partial charge in [0, 0.05) is 18.8 Å². The second kappa shape index (κ2) is 12.0. The van der Waals surface area contributed by atoms with Crippen molar-refractivity contribution in [2.75, 3.05) is 26.3 Å². The number of rotatable bonds is 11. The number of Topliss-reactive ketones (excluding diaryl/α,β-unsaturated/α-hetero) is 1. The van der Waals surface area contributed by atoms with Crippen LogP contribution in [-0.2, 0) is 9.59 Å². The maximum atomic E-state index is 13.0. The van der Waals surface area contributed by atoms with Crippen molar-refractivity contribution in [3.05, 3.63) is 30.3 Å². The molecule has 2 aliphatic rings. The van der Waals surface area contributed by atoms with E-state index in [0.29, 0.717) is 61.4 Å². The highest BCUT2D eigenvalue weighted by atomic mass is 16.6. The minimum atomic E-state index is -0.310. The summed E-state index contributed by atoms with van der Waals surface area (Å²) in [6.45, 7) is 4.63. The molecule has 0 aliphatic carbocycles. The van der Waals surface area contributed by atoms with Crippen molar-refractivity contribution >= 4 is 11.7 Å². The first-order chi connectivity index (χ1) is 16.7. The molecule has 0 bridgehead atoms. The van der Waals surface area contributed by atoms with Crippen molar-refractivity contribution in [2.24, 2.45) is 5.92 Å². The summed E-state index contributed by atoms with van der Waals surface area (Å²) < 4.78 is 17.7. The molecule has 1 atom stereocenters. The lowest BCUT2D eigenvalue weighted by atomic mass is 9.96. The molecule has 1 amide bonds. The van der Waals surface area contributed by atoms with Crippen LogP contribution in [0.25, 0.3) is 11.3 Å². The summed E-state index contributed by atoms with van der Waals surface area (Å²) in [5.41, 5.74) is 0.789. The molecule has 2 aliphatic heterocycles. The summed E-state index contributed by atoms with van der Waals surface area (Å²) >= 11 is 0. The number of carbonyl (C=O) groups excluding carboxylic acids is 2. The average molecular weight is 470 g/mol. The first kappa shape index (κ1) is 24.3. The fourth-order valence-electron chi connectivity index (χ4n) is 4.50. The van der Waals surface area contributed by atoms with E-state index in [1.54, 1.807) is 6.20 Å². The molecular weight excluding hydrogens is 434 g/mol. The van der Waals surface area contributed by atoms with Gasteiger partial charge in [-0.15, -0.1) is 0 Å². The number of aromatic nitrogens is 1. The number of carbonyl (C=O) groups is 2. The highest BCUT2D eigenvalue weighted by Crippen LogP contribution is 2.40. The Labute approximate surface area is 200 Å². The van der Waals surface area contributed by atoms with Crippen LogP contribution < -0.4 is 20.1 Å². The molecule has 1 saturated heterocycles. The number of nitrogens with zero attached hydrogens (tertiary/aromatic N) is 1. The number of nitrogens with one attached hydrogen (secondary N) is 2. The van der Waals surface area contributed by atoms with Gasteiger partial charge in [0.25, 0.3) is 0 Å². The third kappa shape index (κ3) is 6.17. The molecule has 2 aromatic rings. The van der Waals surface area contributed by atoms with Crippen LogP contribution in [0.4, 0.5) is 0 Å². The number of piperidine rings is 1. The second-order valence-corrected chi connectivity index (χ2v) is 8.97. The van der Waals surface area contributed by atoms with Crippen LogP contribution in [0, 0.1) is 5.92 Å². The number of unbranched alkanes of at least 4 members (excludes halogenated alkanes) is 2. The van der Waals surface area contributed by atoms with E-state index in [-0.39, 0.29) is 17.9 Å². The lowest BCUT2D eigenvalue weighted by Crippen LogP contribution is -2.39. The number of amides is 1. The molecule has 4 rings (SSSR count). The Balaban J connectivity index is 1.46.